The highest BCUT2D eigenvalue weighted by Crippen LogP contribution is 2.24. The van der Waals surface area contributed by atoms with E-state index in [1.807, 2.05) is 50.2 Å². The summed E-state index contributed by atoms with van der Waals surface area (Å²) in [4.78, 5) is 36.1. The minimum atomic E-state index is -0.756. The predicted octanol–water partition coefficient (Wildman–Crippen LogP) is 1.51. The quantitative estimate of drug-likeness (QED) is 0.258. The van der Waals surface area contributed by atoms with Gasteiger partial charge in [0.05, 0.1) is 18.8 Å². The van der Waals surface area contributed by atoms with E-state index in [2.05, 4.69) is 16.0 Å². The van der Waals surface area contributed by atoms with E-state index < -0.39 is 24.7 Å². The van der Waals surface area contributed by atoms with Gasteiger partial charge in [-0.1, -0.05) is 50.2 Å². The lowest BCUT2D eigenvalue weighted by molar-refractivity contribution is -0.125. The number of aliphatic hydroxyl groups excluding tert-OH is 2. The van der Waals surface area contributed by atoms with Crippen molar-refractivity contribution in [1.29, 1.82) is 0 Å². The Hall–Kier alpha value is -3.17. The van der Waals surface area contributed by atoms with Crippen LogP contribution in [0, 0.1) is 5.92 Å². The molecule has 0 radical (unpaired) electrons. The molecule has 2 atom stereocenters. The summed E-state index contributed by atoms with van der Waals surface area (Å²) < 4.78 is 5.64. The van der Waals surface area contributed by atoms with Crippen molar-refractivity contribution in [3.63, 3.8) is 0 Å². The number of carbonyl (C=O) groups excluding carboxylic acids is 3. The van der Waals surface area contributed by atoms with Crippen molar-refractivity contribution >= 4 is 28.5 Å². The van der Waals surface area contributed by atoms with Gasteiger partial charge in [-0.2, -0.15) is 0 Å². The molecule has 0 heterocycles. The van der Waals surface area contributed by atoms with E-state index >= 15 is 0 Å². The van der Waals surface area contributed by atoms with Gasteiger partial charge in [0.25, 0.3) is 5.91 Å². The second kappa shape index (κ2) is 15.0. The molecule has 0 aromatic heterocycles. The van der Waals surface area contributed by atoms with Crippen LogP contribution in [0.5, 0.6) is 5.75 Å². The lowest BCUT2D eigenvalue weighted by atomic mass is 10.1. The monoisotopic (exact) mass is 487 g/mol. The molecule has 9 heteroatoms. The molecule has 0 bridgehead atoms. The standard InChI is InChI=1S/C26H37N3O6/c1-18(2)15-28-24(32)11-10-21(31)12-13-27-25(33)14-20(16-30)29-26(34)17-35-23-9-5-7-19-6-3-4-8-22(19)23/h3-9,18,20-21,30-31H,10-17H2,1-2H3,(H,27,33)(H,28,32)(H,29,34)/t20-,21-/m0/s1. The van der Waals surface area contributed by atoms with Crippen molar-refractivity contribution in [1.82, 2.24) is 16.0 Å². The maximum atomic E-state index is 12.3. The molecule has 0 fully saturated rings. The summed E-state index contributed by atoms with van der Waals surface area (Å²) in [6, 6.07) is 12.5. The number of hydrogen-bond donors (Lipinski definition) is 5. The van der Waals surface area contributed by atoms with Crippen LogP contribution in [0.1, 0.15) is 39.5 Å². The number of amides is 3. The maximum Gasteiger partial charge on any atom is 0.258 e. The Bertz CT molecular complexity index is 960. The average Bonchev–Trinajstić information content (AvgIpc) is 2.84. The fourth-order valence-electron chi connectivity index (χ4n) is 3.42. The van der Waals surface area contributed by atoms with Gasteiger partial charge >= 0.3 is 0 Å². The second-order valence-electron chi connectivity index (χ2n) is 8.95. The Morgan fingerprint density at radius 2 is 1.69 bits per heavy atom. The van der Waals surface area contributed by atoms with Crippen LogP contribution in [0.25, 0.3) is 10.8 Å². The van der Waals surface area contributed by atoms with Gasteiger partial charge < -0.3 is 30.9 Å². The third kappa shape index (κ3) is 10.7. The minimum Gasteiger partial charge on any atom is -0.483 e. The van der Waals surface area contributed by atoms with Gasteiger partial charge in [0.2, 0.25) is 11.8 Å². The predicted molar refractivity (Wildman–Crippen MR) is 134 cm³/mol. The Labute approximate surface area is 206 Å². The van der Waals surface area contributed by atoms with E-state index in [4.69, 9.17) is 4.74 Å². The van der Waals surface area contributed by atoms with E-state index in [0.717, 1.165) is 10.8 Å². The summed E-state index contributed by atoms with van der Waals surface area (Å²) in [5.74, 6) is 0.0285. The molecule has 0 spiro atoms. The van der Waals surface area contributed by atoms with E-state index in [1.54, 1.807) is 6.07 Å². The molecule has 3 amide bonds. The van der Waals surface area contributed by atoms with E-state index in [0.29, 0.717) is 31.1 Å². The van der Waals surface area contributed by atoms with Crippen LogP contribution in [-0.4, -0.2) is 66.4 Å². The second-order valence-corrected chi connectivity index (χ2v) is 8.95. The number of ether oxygens (including phenoxy) is 1. The van der Waals surface area contributed by atoms with Gasteiger partial charge in [-0.05, 0) is 30.2 Å². The molecule has 0 aliphatic carbocycles. The molecule has 2 aromatic carbocycles. The highest BCUT2D eigenvalue weighted by molar-refractivity contribution is 5.88. The lowest BCUT2D eigenvalue weighted by Gasteiger charge is -2.17. The molecule has 0 saturated heterocycles. The molecule has 5 N–H and O–H groups in total. The van der Waals surface area contributed by atoms with Gasteiger partial charge in [0.15, 0.2) is 6.61 Å². The average molecular weight is 488 g/mol. The van der Waals surface area contributed by atoms with Crippen molar-refractivity contribution in [2.24, 2.45) is 5.92 Å². The van der Waals surface area contributed by atoms with Gasteiger partial charge in [-0.3, -0.25) is 14.4 Å². The minimum absolute atomic E-state index is 0.104. The molecule has 0 aliphatic heterocycles. The first-order valence-corrected chi connectivity index (χ1v) is 12.0. The highest BCUT2D eigenvalue weighted by atomic mass is 16.5. The zero-order chi connectivity index (χ0) is 25.6. The molecule has 0 aliphatic rings. The molecule has 2 aromatic rings. The zero-order valence-corrected chi connectivity index (χ0v) is 20.5. The largest absolute Gasteiger partial charge is 0.483 e. The third-order valence-electron chi connectivity index (χ3n) is 5.34. The Morgan fingerprint density at radius 1 is 0.943 bits per heavy atom. The number of aliphatic hydroxyl groups is 2. The first-order chi connectivity index (χ1) is 16.8. The summed E-state index contributed by atoms with van der Waals surface area (Å²) in [5, 5.41) is 29.5. The fourth-order valence-corrected chi connectivity index (χ4v) is 3.42. The fraction of sp³-hybridized carbons (Fsp3) is 0.500. The van der Waals surface area contributed by atoms with Crippen LogP contribution in [-0.2, 0) is 14.4 Å². The SMILES string of the molecule is CC(C)CNC(=O)CC[C@H](O)CCNC(=O)C[C@@H](CO)NC(=O)COc1cccc2ccccc12. The number of fused-ring (bicyclic) bond motifs is 1. The van der Waals surface area contributed by atoms with Crippen LogP contribution < -0.4 is 20.7 Å². The van der Waals surface area contributed by atoms with E-state index in [1.165, 1.54) is 0 Å². The van der Waals surface area contributed by atoms with Crippen LogP contribution in [0.3, 0.4) is 0 Å². The lowest BCUT2D eigenvalue weighted by Crippen LogP contribution is -2.43. The zero-order valence-electron chi connectivity index (χ0n) is 20.5. The van der Waals surface area contributed by atoms with Crippen molar-refractivity contribution in [2.75, 3.05) is 26.3 Å². The summed E-state index contributed by atoms with van der Waals surface area (Å²) >= 11 is 0. The van der Waals surface area contributed by atoms with Gasteiger partial charge in [0, 0.05) is 31.3 Å². The van der Waals surface area contributed by atoms with Crippen LogP contribution in [0.15, 0.2) is 42.5 Å². The van der Waals surface area contributed by atoms with Gasteiger partial charge in [0.1, 0.15) is 5.75 Å². The molecule has 0 unspecified atom stereocenters. The van der Waals surface area contributed by atoms with Crippen molar-refractivity contribution in [3.05, 3.63) is 42.5 Å². The number of nitrogens with one attached hydrogen (secondary N) is 3. The maximum absolute atomic E-state index is 12.3. The number of benzene rings is 2. The van der Waals surface area contributed by atoms with E-state index in [-0.39, 0.29) is 37.8 Å². The number of carbonyl (C=O) groups is 3. The summed E-state index contributed by atoms with van der Waals surface area (Å²) in [6.45, 7) is 4.19. The summed E-state index contributed by atoms with van der Waals surface area (Å²) in [7, 11) is 0. The van der Waals surface area contributed by atoms with Gasteiger partial charge in [-0.25, -0.2) is 0 Å². The first-order valence-electron chi connectivity index (χ1n) is 12.0. The van der Waals surface area contributed by atoms with Crippen LogP contribution in [0.2, 0.25) is 0 Å². The van der Waals surface area contributed by atoms with Crippen molar-refractivity contribution < 1.29 is 29.3 Å². The van der Waals surface area contributed by atoms with Crippen molar-refractivity contribution in [2.45, 2.75) is 51.7 Å². The number of hydrogen-bond acceptors (Lipinski definition) is 6. The van der Waals surface area contributed by atoms with Crippen molar-refractivity contribution in [3.8, 4) is 5.75 Å². The summed E-state index contributed by atoms with van der Waals surface area (Å²) in [6.07, 6.45) is 0.0230. The Morgan fingerprint density at radius 3 is 2.43 bits per heavy atom. The third-order valence-corrected chi connectivity index (χ3v) is 5.34. The number of rotatable bonds is 15. The van der Waals surface area contributed by atoms with E-state index in [9.17, 15) is 24.6 Å². The molecule has 9 nitrogen and oxygen atoms in total. The molecule has 192 valence electrons. The molecule has 2 rings (SSSR count). The Kier molecular flexibility index (Phi) is 12.0. The molecule has 35 heavy (non-hydrogen) atoms. The molecular weight excluding hydrogens is 450 g/mol. The Balaban J connectivity index is 1.66. The van der Waals surface area contributed by atoms with Crippen LogP contribution >= 0.6 is 0 Å². The summed E-state index contributed by atoms with van der Waals surface area (Å²) in [5.41, 5.74) is 0. The molecular formula is C26H37N3O6. The molecule has 0 saturated carbocycles. The smallest absolute Gasteiger partial charge is 0.258 e. The first kappa shape index (κ1) is 28.1. The van der Waals surface area contributed by atoms with Gasteiger partial charge in [-0.15, -0.1) is 0 Å². The highest BCUT2D eigenvalue weighted by Gasteiger charge is 2.17. The topological polar surface area (TPSA) is 137 Å². The normalized spacial score (nSPS) is 12.7. The van der Waals surface area contributed by atoms with Crippen LogP contribution in [0.4, 0.5) is 0 Å².